The van der Waals surface area contributed by atoms with Gasteiger partial charge in [-0.25, -0.2) is 4.79 Å². The lowest BCUT2D eigenvalue weighted by Crippen LogP contribution is -2.37. The lowest BCUT2D eigenvalue weighted by atomic mass is 10.0. The first-order chi connectivity index (χ1) is 7.94. The highest BCUT2D eigenvalue weighted by Gasteiger charge is 2.36. The predicted octanol–water partition coefficient (Wildman–Crippen LogP) is 2.86. The molecule has 1 aromatic carbocycles. The van der Waals surface area contributed by atoms with E-state index in [1.54, 1.807) is 0 Å². The third-order valence-corrected chi connectivity index (χ3v) is 6.99. The molecule has 0 amide bonds. The summed E-state index contributed by atoms with van der Waals surface area (Å²) in [6.07, 6.45) is -0.657. The van der Waals surface area contributed by atoms with E-state index in [0.29, 0.717) is 11.7 Å². The van der Waals surface area contributed by atoms with Crippen molar-refractivity contribution in [2.24, 2.45) is 0 Å². The van der Waals surface area contributed by atoms with Gasteiger partial charge in [-0.15, -0.1) is 0 Å². The number of benzene rings is 1. The maximum absolute atomic E-state index is 11.1. The van der Waals surface area contributed by atoms with Crippen molar-refractivity contribution >= 4 is 19.4 Å². The molecule has 0 saturated carbocycles. The Morgan fingerprint density at radius 2 is 2.12 bits per heavy atom. The molecule has 4 heteroatoms. The quantitative estimate of drug-likeness (QED) is 0.437. The summed E-state index contributed by atoms with van der Waals surface area (Å²) in [6.45, 7) is 6.98. The number of hydrogen-bond donors (Lipinski definition) is 0. The number of methoxy groups -OCH3 is 1. The van der Waals surface area contributed by atoms with Gasteiger partial charge in [0.2, 0.25) is 0 Å². The van der Waals surface area contributed by atoms with E-state index in [-0.39, 0.29) is 0 Å². The monoisotopic (exact) mass is 250 g/mol. The zero-order chi connectivity index (χ0) is 12.6. The number of carbonyl (C=O) groups excluding carboxylic acids is 1. The Hall–Kier alpha value is -1.29. The molecule has 0 aromatic heterocycles. The smallest absolute Gasteiger partial charge is 0.437 e. The van der Waals surface area contributed by atoms with Gasteiger partial charge in [0.15, 0.2) is 0 Å². The van der Waals surface area contributed by atoms with Crippen LogP contribution in [0.4, 0.5) is 4.79 Å². The molecular weight excluding hydrogens is 232 g/mol. The van der Waals surface area contributed by atoms with Gasteiger partial charge < -0.3 is 9.47 Å². The van der Waals surface area contributed by atoms with Crippen LogP contribution in [0.2, 0.25) is 19.1 Å². The van der Waals surface area contributed by atoms with E-state index in [9.17, 15) is 4.79 Å². The molecule has 0 unspecified atom stereocenters. The Balaban J connectivity index is 2.34. The van der Waals surface area contributed by atoms with Crippen molar-refractivity contribution in [2.45, 2.75) is 32.0 Å². The Labute approximate surface area is 103 Å². The molecule has 1 atom stereocenters. The summed E-state index contributed by atoms with van der Waals surface area (Å²) in [5.74, 6) is 1.21. The highest BCUT2D eigenvalue weighted by molar-refractivity contribution is 6.91. The standard InChI is InChI=1S/C13H18O3Si/c1-9-8-17(3,4)12-7-10(5-6-11(9)12)16-13(14)15-2/h5-7,9H,8H2,1-4H3/t9-/m0/s1. The zero-order valence-corrected chi connectivity index (χ0v) is 11.7. The van der Waals surface area contributed by atoms with Crippen LogP contribution >= 0.6 is 0 Å². The lowest BCUT2D eigenvalue weighted by molar-refractivity contribution is 0.121. The number of rotatable bonds is 1. The van der Waals surface area contributed by atoms with Gasteiger partial charge in [-0.05, 0) is 29.7 Å². The van der Waals surface area contributed by atoms with Crippen LogP contribution in [0.1, 0.15) is 18.4 Å². The molecule has 0 radical (unpaired) electrons. The van der Waals surface area contributed by atoms with Gasteiger partial charge in [0.1, 0.15) is 5.75 Å². The molecule has 0 spiro atoms. The van der Waals surface area contributed by atoms with E-state index in [2.05, 4.69) is 30.8 Å². The molecule has 1 aliphatic heterocycles. The van der Waals surface area contributed by atoms with Crippen molar-refractivity contribution in [3.05, 3.63) is 23.8 Å². The third kappa shape index (κ3) is 2.22. The van der Waals surface area contributed by atoms with Crippen LogP contribution < -0.4 is 9.92 Å². The first-order valence-electron chi connectivity index (χ1n) is 5.84. The van der Waals surface area contributed by atoms with Crippen LogP contribution in [-0.2, 0) is 4.74 Å². The van der Waals surface area contributed by atoms with Gasteiger partial charge in [0, 0.05) is 0 Å². The molecule has 17 heavy (non-hydrogen) atoms. The molecule has 1 aliphatic rings. The van der Waals surface area contributed by atoms with Crippen LogP contribution in [-0.4, -0.2) is 21.3 Å². The SMILES string of the molecule is COC(=O)Oc1ccc2c(c1)[Si](C)(C)C[C@@H]2C. The van der Waals surface area contributed by atoms with Gasteiger partial charge in [-0.2, -0.15) is 0 Å². The van der Waals surface area contributed by atoms with Crippen LogP contribution in [0.5, 0.6) is 5.75 Å². The van der Waals surface area contributed by atoms with Gasteiger partial charge in [-0.3, -0.25) is 0 Å². The Morgan fingerprint density at radius 3 is 2.76 bits per heavy atom. The Bertz CT molecular complexity index is 454. The van der Waals surface area contributed by atoms with E-state index in [4.69, 9.17) is 4.74 Å². The van der Waals surface area contributed by atoms with Crippen LogP contribution in [0.3, 0.4) is 0 Å². The van der Waals surface area contributed by atoms with E-state index >= 15 is 0 Å². The number of ether oxygens (including phenoxy) is 2. The van der Waals surface area contributed by atoms with Gasteiger partial charge in [-0.1, -0.05) is 31.3 Å². The average molecular weight is 250 g/mol. The van der Waals surface area contributed by atoms with Crippen molar-refractivity contribution in [1.29, 1.82) is 0 Å². The molecule has 2 rings (SSSR count). The zero-order valence-electron chi connectivity index (χ0n) is 10.7. The molecule has 0 fully saturated rings. The maximum atomic E-state index is 11.1. The first kappa shape index (κ1) is 12.2. The van der Waals surface area contributed by atoms with E-state index in [0.717, 1.165) is 0 Å². The summed E-state index contributed by atoms with van der Waals surface area (Å²) in [7, 11) is -0.0327. The first-order valence-corrected chi connectivity index (χ1v) is 9.05. The summed E-state index contributed by atoms with van der Waals surface area (Å²) in [6, 6.07) is 7.22. The van der Waals surface area contributed by atoms with Crippen molar-refractivity contribution < 1.29 is 14.3 Å². The topological polar surface area (TPSA) is 35.5 Å². The molecule has 0 saturated heterocycles. The largest absolute Gasteiger partial charge is 0.513 e. The van der Waals surface area contributed by atoms with Crippen molar-refractivity contribution in [2.75, 3.05) is 7.11 Å². The van der Waals surface area contributed by atoms with Gasteiger partial charge in [0.05, 0.1) is 15.2 Å². The Kier molecular flexibility index (Phi) is 2.99. The lowest BCUT2D eigenvalue weighted by Gasteiger charge is -2.16. The van der Waals surface area contributed by atoms with Crippen LogP contribution in [0.25, 0.3) is 0 Å². The third-order valence-electron chi connectivity index (χ3n) is 3.47. The van der Waals surface area contributed by atoms with Crippen molar-refractivity contribution in [1.82, 2.24) is 0 Å². The molecule has 0 bridgehead atoms. The summed E-state index contributed by atoms with van der Waals surface area (Å²) in [4.78, 5) is 11.1. The van der Waals surface area contributed by atoms with E-state index in [1.807, 2.05) is 12.1 Å². The second-order valence-corrected chi connectivity index (χ2v) is 10.0. The predicted molar refractivity (Wildman–Crippen MR) is 69.8 cm³/mol. The average Bonchev–Trinajstić information content (AvgIpc) is 2.49. The van der Waals surface area contributed by atoms with Crippen LogP contribution in [0.15, 0.2) is 18.2 Å². The van der Waals surface area contributed by atoms with Crippen LogP contribution in [0, 0.1) is 0 Å². The minimum atomic E-state index is -1.35. The van der Waals surface area contributed by atoms with Gasteiger partial charge in [0.25, 0.3) is 0 Å². The number of fused-ring (bicyclic) bond motifs is 1. The highest BCUT2D eigenvalue weighted by Crippen LogP contribution is 2.35. The fourth-order valence-corrected chi connectivity index (χ4v) is 6.35. The molecule has 0 N–H and O–H groups in total. The van der Waals surface area contributed by atoms with Gasteiger partial charge >= 0.3 is 6.16 Å². The second-order valence-electron chi connectivity index (χ2n) is 5.29. The second kappa shape index (κ2) is 4.18. The summed E-state index contributed by atoms with van der Waals surface area (Å²) in [5, 5.41) is 1.41. The highest BCUT2D eigenvalue weighted by atomic mass is 28.3. The van der Waals surface area contributed by atoms with E-state index in [1.165, 1.54) is 23.9 Å². The molecular formula is C13H18O3Si. The maximum Gasteiger partial charge on any atom is 0.513 e. The Morgan fingerprint density at radius 1 is 1.41 bits per heavy atom. The molecule has 92 valence electrons. The number of carbonyl (C=O) groups is 1. The fraction of sp³-hybridized carbons (Fsp3) is 0.462. The number of hydrogen-bond acceptors (Lipinski definition) is 3. The minimum absolute atomic E-state index is 0.588. The minimum Gasteiger partial charge on any atom is -0.437 e. The summed E-state index contributed by atoms with van der Waals surface area (Å²) in [5.41, 5.74) is 1.42. The fourth-order valence-electron chi connectivity index (χ4n) is 2.74. The molecule has 0 aliphatic carbocycles. The van der Waals surface area contributed by atoms with E-state index < -0.39 is 14.2 Å². The van der Waals surface area contributed by atoms with Crippen molar-refractivity contribution in [3.63, 3.8) is 0 Å². The van der Waals surface area contributed by atoms with Crippen molar-refractivity contribution in [3.8, 4) is 5.75 Å². The normalized spacial score (nSPS) is 20.8. The molecule has 3 nitrogen and oxygen atoms in total. The molecule has 1 heterocycles. The summed E-state index contributed by atoms with van der Waals surface area (Å²) < 4.78 is 9.58. The molecule has 1 aromatic rings. The summed E-state index contributed by atoms with van der Waals surface area (Å²) >= 11 is 0.